The van der Waals surface area contributed by atoms with Gasteiger partial charge in [-0.2, -0.15) is 0 Å². The monoisotopic (exact) mass is 250 g/mol. The molecule has 1 amide bonds. The molecule has 1 heterocycles. The average molecular weight is 250 g/mol. The second-order valence-electron chi connectivity index (χ2n) is 5.91. The van der Waals surface area contributed by atoms with Crippen LogP contribution in [0.2, 0.25) is 0 Å². The molecule has 0 unspecified atom stereocenters. The summed E-state index contributed by atoms with van der Waals surface area (Å²) in [5.74, 6) is 0.329. The predicted octanol–water partition coefficient (Wildman–Crippen LogP) is 2.48. The Balaban J connectivity index is 1.93. The van der Waals surface area contributed by atoms with Crippen LogP contribution in [0, 0.1) is 0 Å². The topological polar surface area (TPSA) is 32.3 Å². The molecule has 1 N–H and O–H groups in total. The zero-order valence-electron chi connectivity index (χ0n) is 11.8. The first-order valence-electron chi connectivity index (χ1n) is 7.27. The van der Waals surface area contributed by atoms with E-state index >= 15 is 0 Å². The number of nitrogens with one attached hydrogen (secondary N) is 1. The molecule has 0 radical (unpaired) electrons. The summed E-state index contributed by atoms with van der Waals surface area (Å²) in [6, 6.07) is 0. The van der Waals surface area contributed by atoms with Gasteiger partial charge in [-0.25, -0.2) is 0 Å². The SMILES string of the molecule is CNC1(CC(=O)N2CC=C(C)CC2)CCCCC1. The summed E-state index contributed by atoms with van der Waals surface area (Å²) in [7, 11) is 2.01. The standard InChI is InChI=1S/C15H26N2O/c1-13-6-10-17(11-7-13)14(18)12-15(16-2)8-4-3-5-9-15/h6,16H,3-5,7-12H2,1-2H3. The fraction of sp³-hybridized carbons (Fsp3) is 0.800. The van der Waals surface area contributed by atoms with Crippen LogP contribution in [-0.4, -0.2) is 36.5 Å². The molecule has 1 aliphatic heterocycles. The Morgan fingerprint density at radius 3 is 2.67 bits per heavy atom. The number of nitrogens with zero attached hydrogens (tertiary/aromatic N) is 1. The maximum Gasteiger partial charge on any atom is 0.224 e. The summed E-state index contributed by atoms with van der Waals surface area (Å²) in [5, 5.41) is 3.43. The molecule has 2 aliphatic rings. The Kier molecular flexibility index (Phi) is 4.44. The lowest BCUT2D eigenvalue weighted by atomic mass is 9.79. The lowest BCUT2D eigenvalue weighted by Gasteiger charge is -2.38. The van der Waals surface area contributed by atoms with E-state index in [1.54, 1.807) is 0 Å². The highest BCUT2D eigenvalue weighted by atomic mass is 16.2. The molecule has 1 saturated carbocycles. The van der Waals surface area contributed by atoms with Crippen molar-refractivity contribution in [1.82, 2.24) is 10.2 Å². The predicted molar refractivity (Wildman–Crippen MR) is 74.4 cm³/mol. The highest BCUT2D eigenvalue weighted by Crippen LogP contribution is 2.31. The van der Waals surface area contributed by atoms with Gasteiger partial charge in [0.05, 0.1) is 0 Å². The summed E-state index contributed by atoms with van der Waals surface area (Å²) in [6.45, 7) is 3.86. The number of amides is 1. The molecule has 0 aromatic carbocycles. The third-order valence-electron chi connectivity index (χ3n) is 4.62. The van der Waals surface area contributed by atoms with Crippen molar-refractivity contribution in [1.29, 1.82) is 0 Å². The Morgan fingerprint density at radius 2 is 2.11 bits per heavy atom. The number of hydrogen-bond donors (Lipinski definition) is 1. The zero-order valence-corrected chi connectivity index (χ0v) is 11.8. The van der Waals surface area contributed by atoms with Gasteiger partial charge >= 0.3 is 0 Å². The molecule has 3 nitrogen and oxygen atoms in total. The van der Waals surface area contributed by atoms with Gasteiger partial charge in [0.15, 0.2) is 0 Å². The van der Waals surface area contributed by atoms with Gasteiger partial charge in [-0.05, 0) is 33.2 Å². The first-order chi connectivity index (χ1) is 8.65. The highest BCUT2D eigenvalue weighted by Gasteiger charge is 2.34. The first-order valence-corrected chi connectivity index (χ1v) is 7.27. The van der Waals surface area contributed by atoms with E-state index in [-0.39, 0.29) is 5.54 Å². The van der Waals surface area contributed by atoms with Gasteiger partial charge in [0.2, 0.25) is 5.91 Å². The van der Waals surface area contributed by atoms with Gasteiger partial charge in [0.25, 0.3) is 0 Å². The van der Waals surface area contributed by atoms with Gasteiger partial charge in [0.1, 0.15) is 0 Å². The van der Waals surface area contributed by atoms with E-state index < -0.39 is 0 Å². The van der Waals surface area contributed by atoms with Crippen molar-refractivity contribution >= 4 is 5.91 Å². The lowest BCUT2D eigenvalue weighted by molar-refractivity contribution is -0.132. The van der Waals surface area contributed by atoms with Gasteiger partial charge < -0.3 is 10.2 Å². The van der Waals surface area contributed by atoms with Crippen LogP contribution in [0.5, 0.6) is 0 Å². The molecule has 1 aliphatic carbocycles. The number of hydrogen-bond acceptors (Lipinski definition) is 2. The quantitative estimate of drug-likeness (QED) is 0.780. The van der Waals surface area contributed by atoms with Crippen LogP contribution < -0.4 is 5.32 Å². The van der Waals surface area contributed by atoms with E-state index in [1.165, 1.54) is 24.8 Å². The van der Waals surface area contributed by atoms with E-state index in [1.807, 2.05) is 11.9 Å². The second-order valence-corrected chi connectivity index (χ2v) is 5.91. The van der Waals surface area contributed by atoms with Gasteiger partial charge in [-0.1, -0.05) is 30.9 Å². The van der Waals surface area contributed by atoms with Gasteiger partial charge in [-0.3, -0.25) is 4.79 Å². The van der Waals surface area contributed by atoms with E-state index in [4.69, 9.17) is 0 Å². The second kappa shape index (κ2) is 5.87. The smallest absolute Gasteiger partial charge is 0.224 e. The molecule has 0 atom stereocenters. The molecule has 102 valence electrons. The van der Waals surface area contributed by atoms with Crippen LogP contribution in [0.15, 0.2) is 11.6 Å². The summed E-state index contributed by atoms with van der Waals surface area (Å²) < 4.78 is 0. The minimum absolute atomic E-state index is 0.0749. The van der Waals surface area contributed by atoms with Crippen LogP contribution in [-0.2, 0) is 4.79 Å². The minimum Gasteiger partial charge on any atom is -0.339 e. The van der Waals surface area contributed by atoms with Crippen molar-refractivity contribution in [3.8, 4) is 0 Å². The summed E-state index contributed by atoms with van der Waals surface area (Å²) >= 11 is 0. The van der Waals surface area contributed by atoms with Crippen LogP contribution in [0.25, 0.3) is 0 Å². The Bertz CT molecular complexity index is 329. The normalized spacial score (nSPS) is 23.7. The Morgan fingerprint density at radius 1 is 1.39 bits per heavy atom. The third kappa shape index (κ3) is 3.14. The van der Waals surface area contributed by atoms with Crippen molar-refractivity contribution in [2.45, 2.75) is 57.4 Å². The summed E-state index contributed by atoms with van der Waals surface area (Å²) in [4.78, 5) is 14.4. The van der Waals surface area contributed by atoms with Crippen LogP contribution >= 0.6 is 0 Å². The van der Waals surface area contributed by atoms with Crippen molar-refractivity contribution in [2.75, 3.05) is 20.1 Å². The highest BCUT2D eigenvalue weighted by molar-refractivity contribution is 5.78. The van der Waals surface area contributed by atoms with Crippen molar-refractivity contribution < 1.29 is 4.79 Å². The average Bonchev–Trinajstić information content (AvgIpc) is 2.40. The lowest BCUT2D eigenvalue weighted by Crippen LogP contribution is -2.49. The summed E-state index contributed by atoms with van der Waals surface area (Å²) in [6.07, 6.45) is 10.0. The molecule has 2 rings (SSSR count). The van der Waals surface area contributed by atoms with E-state index in [2.05, 4.69) is 18.3 Å². The van der Waals surface area contributed by atoms with Crippen LogP contribution in [0.4, 0.5) is 0 Å². The molecule has 18 heavy (non-hydrogen) atoms. The molecule has 3 heteroatoms. The van der Waals surface area contributed by atoms with E-state index in [0.29, 0.717) is 12.3 Å². The maximum atomic E-state index is 12.4. The third-order valence-corrected chi connectivity index (χ3v) is 4.62. The van der Waals surface area contributed by atoms with Crippen molar-refractivity contribution in [3.05, 3.63) is 11.6 Å². The molecular formula is C15H26N2O. The molecule has 0 bridgehead atoms. The van der Waals surface area contributed by atoms with Gasteiger partial charge in [0, 0.05) is 25.0 Å². The number of rotatable bonds is 3. The molecule has 0 aromatic heterocycles. The Hall–Kier alpha value is -0.830. The fourth-order valence-corrected chi connectivity index (χ4v) is 3.14. The van der Waals surface area contributed by atoms with Crippen molar-refractivity contribution in [3.63, 3.8) is 0 Å². The molecule has 0 saturated heterocycles. The number of carbonyl (C=O) groups is 1. The Labute approximate surface area is 111 Å². The van der Waals surface area contributed by atoms with Crippen LogP contribution in [0.3, 0.4) is 0 Å². The maximum absolute atomic E-state index is 12.4. The van der Waals surface area contributed by atoms with E-state index in [0.717, 1.165) is 32.4 Å². The number of carbonyl (C=O) groups excluding carboxylic acids is 1. The zero-order chi connectivity index (χ0) is 13.0. The molecule has 0 spiro atoms. The summed E-state index contributed by atoms with van der Waals surface area (Å²) in [5.41, 5.74) is 1.49. The van der Waals surface area contributed by atoms with Crippen LogP contribution in [0.1, 0.15) is 51.9 Å². The van der Waals surface area contributed by atoms with E-state index in [9.17, 15) is 4.79 Å². The molecular weight excluding hydrogens is 224 g/mol. The van der Waals surface area contributed by atoms with Gasteiger partial charge in [-0.15, -0.1) is 0 Å². The minimum atomic E-state index is 0.0749. The molecule has 0 aromatic rings. The first kappa shape index (κ1) is 13.6. The largest absolute Gasteiger partial charge is 0.339 e. The van der Waals surface area contributed by atoms with Crippen molar-refractivity contribution in [2.24, 2.45) is 0 Å². The molecule has 1 fully saturated rings. The fourth-order valence-electron chi connectivity index (χ4n) is 3.14.